The molecule has 0 aromatic heterocycles. The molecular weight excluding hydrogens is 380 g/mol. The first kappa shape index (κ1) is 20.9. The van der Waals surface area contributed by atoms with Crippen molar-refractivity contribution in [3.63, 3.8) is 0 Å². The van der Waals surface area contributed by atoms with Crippen LogP contribution in [0, 0.1) is 11.8 Å². The molecule has 4 rings (SSSR count). The molecule has 5 heteroatoms. The zero-order valence-corrected chi connectivity index (χ0v) is 17.5. The van der Waals surface area contributed by atoms with Gasteiger partial charge < -0.3 is 18.9 Å². The molecule has 2 saturated heterocycles. The van der Waals surface area contributed by atoms with Crippen molar-refractivity contribution in [2.24, 2.45) is 11.8 Å². The summed E-state index contributed by atoms with van der Waals surface area (Å²) in [7, 11) is 0. The lowest BCUT2D eigenvalue weighted by atomic mass is 9.76. The van der Waals surface area contributed by atoms with Crippen molar-refractivity contribution in [2.45, 2.75) is 45.0 Å². The van der Waals surface area contributed by atoms with E-state index in [0.29, 0.717) is 31.7 Å². The normalized spacial score (nSPS) is 24.7. The predicted octanol–water partition coefficient (Wildman–Crippen LogP) is 4.18. The van der Waals surface area contributed by atoms with Crippen LogP contribution in [-0.4, -0.2) is 38.0 Å². The number of ether oxygens (including phenoxy) is 4. The second kappa shape index (κ2) is 10.1. The Kier molecular flexibility index (Phi) is 7.03. The Morgan fingerprint density at radius 2 is 1.73 bits per heavy atom. The zero-order valence-electron chi connectivity index (χ0n) is 17.5. The summed E-state index contributed by atoms with van der Waals surface area (Å²) >= 11 is 0. The highest BCUT2D eigenvalue weighted by Gasteiger charge is 2.48. The summed E-state index contributed by atoms with van der Waals surface area (Å²) in [5.74, 6) is 1.18. The average molecular weight is 411 g/mol. The predicted molar refractivity (Wildman–Crippen MR) is 113 cm³/mol. The van der Waals surface area contributed by atoms with Gasteiger partial charge in [0.15, 0.2) is 6.61 Å². The first-order chi connectivity index (χ1) is 14.7. The molecule has 2 bridgehead atoms. The van der Waals surface area contributed by atoms with Crippen molar-refractivity contribution in [3.05, 3.63) is 65.7 Å². The molecule has 0 radical (unpaired) electrons. The van der Waals surface area contributed by atoms with E-state index >= 15 is 0 Å². The van der Waals surface area contributed by atoms with Gasteiger partial charge in [-0.15, -0.1) is 0 Å². The van der Waals surface area contributed by atoms with Crippen LogP contribution in [0.5, 0.6) is 5.75 Å². The molecule has 0 N–H and O–H groups in total. The van der Waals surface area contributed by atoms with Gasteiger partial charge in [-0.05, 0) is 49.3 Å². The fraction of sp³-hybridized carbons (Fsp3) is 0.480. The quantitative estimate of drug-likeness (QED) is 0.550. The fourth-order valence-corrected chi connectivity index (χ4v) is 4.68. The zero-order chi connectivity index (χ0) is 20.8. The fourth-order valence-electron chi connectivity index (χ4n) is 4.68. The lowest BCUT2D eigenvalue weighted by Gasteiger charge is -2.28. The van der Waals surface area contributed by atoms with Gasteiger partial charge in [0.25, 0.3) is 0 Å². The van der Waals surface area contributed by atoms with Gasteiger partial charge in [-0.1, -0.05) is 48.5 Å². The number of fused-ring (bicyclic) bond motifs is 2. The summed E-state index contributed by atoms with van der Waals surface area (Å²) in [6.45, 7) is 3.41. The number of carbonyl (C=O) groups excluding carboxylic acids is 1. The minimum Gasteiger partial charge on any atom is -0.482 e. The maximum atomic E-state index is 11.7. The van der Waals surface area contributed by atoms with Gasteiger partial charge >= 0.3 is 5.97 Å². The molecule has 30 heavy (non-hydrogen) atoms. The summed E-state index contributed by atoms with van der Waals surface area (Å²) in [5, 5.41) is 0. The standard InChI is InChI=1S/C25H30O5/c1-2-28-25(26)17-29-22-11-7-6-10-19(22)14-20-21(24-13-12-23(20)30-24)16-27-15-18-8-4-3-5-9-18/h3-11,20-21,23-24H,2,12-17H2,1H3. The van der Waals surface area contributed by atoms with E-state index in [0.717, 1.165) is 30.6 Å². The van der Waals surface area contributed by atoms with Crippen LogP contribution in [-0.2, 0) is 32.0 Å². The maximum Gasteiger partial charge on any atom is 0.344 e. The molecule has 2 heterocycles. The summed E-state index contributed by atoms with van der Waals surface area (Å²) in [4.78, 5) is 11.7. The Bertz CT molecular complexity index is 821. The van der Waals surface area contributed by atoms with E-state index in [2.05, 4.69) is 18.2 Å². The molecular formula is C25H30O5. The molecule has 160 valence electrons. The Labute approximate surface area is 178 Å². The second-order valence-corrected chi connectivity index (χ2v) is 8.02. The topological polar surface area (TPSA) is 54.0 Å². The minimum atomic E-state index is -0.345. The van der Waals surface area contributed by atoms with Crippen molar-refractivity contribution in [1.82, 2.24) is 0 Å². The van der Waals surface area contributed by atoms with Gasteiger partial charge in [0.05, 0.1) is 32.0 Å². The molecule has 2 aromatic rings. The van der Waals surface area contributed by atoms with Crippen LogP contribution in [0.15, 0.2) is 54.6 Å². The summed E-state index contributed by atoms with van der Waals surface area (Å²) < 4.78 is 23.1. The number of carbonyl (C=O) groups is 1. The Hall–Kier alpha value is -2.37. The van der Waals surface area contributed by atoms with E-state index in [-0.39, 0.29) is 24.8 Å². The summed E-state index contributed by atoms with van der Waals surface area (Å²) in [6.07, 6.45) is 3.64. The molecule has 2 aromatic carbocycles. The highest BCUT2D eigenvalue weighted by molar-refractivity contribution is 5.71. The van der Waals surface area contributed by atoms with Crippen LogP contribution in [0.25, 0.3) is 0 Å². The number of hydrogen-bond donors (Lipinski definition) is 0. The van der Waals surface area contributed by atoms with E-state index in [1.165, 1.54) is 5.56 Å². The van der Waals surface area contributed by atoms with Crippen LogP contribution in [0.1, 0.15) is 30.9 Å². The molecule has 0 amide bonds. The minimum absolute atomic E-state index is 0.0678. The van der Waals surface area contributed by atoms with Crippen LogP contribution < -0.4 is 4.74 Å². The summed E-state index contributed by atoms with van der Waals surface area (Å²) in [5.41, 5.74) is 2.30. The third-order valence-electron chi connectivity index (χ3n) is 6.09. The Balaban J connectivity index is 1.38. The van der Waals surface area contributed by atoms with Crippen molar-refractivity contribution >= 4 is 5.97 Å². The van der Waals surface area contributed by atoms with E-state index in [1.54, 1.807) is 6.92 Å². The molecule has 0 aliphatic carbocycles. The third-order valence-corrected chi connectivity index (χ3v) is 6.09. The van der Waals surface area contributed by atoms with Gasteiger partial charge in [-0.25, -0.2) is 4.79 Å². The first-order valence-electron chi connectivity index (χ1n) is 10.9. The Morgan fingerprint density at radius 1 is 1.00 bits per heavy atom. The molecule has 2 aliphatic heterocycles. The van der Waals surface area contributed by atoms with Crippen LogP contribution in [0.4, 0.5) is 0 Å². The van der Waals surface area contributed by atoms with E-state index in [4.69, 9.17) is 18.9 Å². The highest BCUT2D eigenvalue weighted by Crippen LogP contribution is 2.45. The van der Waals surface area contributed by atoms with Gasteiger partial charge in [0.1, 0.15) is 5.75 Å². The lowest BCUT2D eigenvalue weighted by Crippen LogP contribution is -2.32. The van der Waals surface area contributed by atoms with Crippen molar-refractivity contribution in [3.8, 4) is 5.75 Å². The summed E-state index contributed by atoms with van der Waals surface area (Å²) in [6, 6.07) is 18.2. The molecule has 0 saturated carbocycles. The number of para-hydroxylation sites is 1. The van der Waals surface area contributed by atoms with Crippen molar-refractivity contribution in [2.75, 3.05) is 19.8 Å². The van der Waals surface area contributed by atoms with Gasteiger partial charge in [-0.3, -0.25) is 0 Å². The monoisotopic (exact) mass is 410 g/mol. The molecule has 5 nitrogen and oxygen atoms in total. The van der Waals surface area contributed by atoms with Gasteiger partial charge in [0, 0.05) is 5.92 Å². The molecule has 2 aliphatic rings. The van der Waals surface area contributed by atoms with Crippen LogP contribution in [0.2, 0.25) is 0 Å². The van der Waals surface area contributed by atoms with E-state index in [9.17, 15) is 4.79 Å². The number of rotatable bonds is 10. The molecule has 0 spiro atoms. The average Bonchev–Trinajstić information content (AvgIpc) is 3.37. The second-order valence-electron chi connectivity index (χ2n) is 8.02. The van der Waals surface area contributed by atoms with Crippen LogP contribution >= 0.6 is 0 Å². The van der Waals surface area contributed by atoms with E-state index < -0.39 is 0 Å². The molecule has 4 atom stereocenters. The highest BCUT2D eigenvalue weighted by atomic mass is 16.6. The number of esters is 1. The largest absolute Gasteiger partial charge is 0.482 e. The SMILES string of the molecule is CCOC(=O)COc1ccccc1CC1C2CCC(O2)C1COCc1ccccc1. The molecule has 2 fully saturated rings. The van der Waals surface area contributed by atoms with E-state index in [1.807, 2.05) is 36.4 Å². The third kappa shape index (κ3) is 5.02. The first-order valence-corrected chi connectivity index (χ1v) is 10.9. The number of hydrogen-bond acceptors (Lipinski definition) is 5. The van der Waals surface area contributed by atoms with Gasteiger partial charge in [-0.2, -0.15) is 0 Å². The Morgan fingerprint density at radius 3 is 2.53 bits per heavy atom. The maximum absolute atomic E-state index is 11.7. The van der Waals surface area contributed by atoms with Crippen molar-refractivity contribution < 1.29 is 23.7 Å². The number of benzene rings is 2. The van der Waals surface area contributed by atoms with Crippen LogP contribution in [0.3, 0.4) is 0 Å². The van der Waals surface area contributed by atoms with Crippen molar-refractivity contribution in [1.29, 1.82) is 0 Å². The van der Waals surface area contributed by atoms with Gasteiger partial charge in [0.2, 0.25) is 0 Å². The smallest absolute Gasteiger partial charge is 0.344 e. The lowest BCUT2D eigenvalue weighted by molar-refractivity contribution is -0.145. The molecule has 4 unspecified atom stereocenters.